The molecule has 0 saturated carbocycles. The molecule has 0 heterocycles. The first-order valence-electron chi connectivity index (χ1n) is 10.0. The molecule has 0 rings (SSSR count). The van der Waals surface area contributed by atoms with Crippen LogP contribution in [0.15, 0.2) is 0 Å². The highest BCUT2D eigenvalue weighted by molar-refractivity contribution is 5.94. The number of rotatable bonds is 13. The summed E-state index contributed by atoms with van der Waals surface area (Å²) in [6, 6.07) is -4.90. The number of amides is 4. The summed E-state index contributed by atoms with van der Waals surface area (Å²) < 4.78 is 0. The van der Waals surface area contributed by atoms with Crippen LogP contribution in [-0.4, -0.2) is 70.1 Å². The molecule has 0 aromatic heterocycles. The van der Waals surface area contributed by atoms with Gasteiger partial charge in [-0.3, -0.25) is 19.2 Å². The number of aliphatic hydroxyl groups is 1. The second-order valence-electron chi connectivity index (χ2n) is 8.13. The fourth-order valence-electron chi connectivity index (χ4n) is 2.54. The molecule has 178 valence electrons. The topological polar surface area (TPSA) is 214 Å². The molecular weight excluding hydrogens is 410 g/mol. The monoisotopic (exact) mass is 445 g/mol. The van der Waals surface area contributed by atoms with Crippen molar-refractivity contribution >= 4 is 29.6 Å². The smallest absolute Gasteiger partial charge is 0.326 e. The van der Waals surface area contributed by atoms with Gasteiger partial charge in [0.15, 0.2) is 0 Å². The summed E-state index contributed by atoms with van der Waals surface area (Å²) in [5.41, 5.74) is 10.9. The van der Waals surface area contributed by atoms with Crippen LogP contribution in [0.25, 0.3) is 0 Å². The number of carboxylic acids is 1. The molecule has 0 saturated heterocycles. The number of nitrogens with one attached hydrogen (secondary N) is 3. The average molecular weight is 446 g/mol. The minimum absolute atomic E-state index is 0.157. The standard InChI is InChI=1S/C19H35N5O7/c1-8(2)13(21)17(28)22-11(6-7-12(20)26)16(27)24-15(10(5)25)18(29)23-14(9(3)4)19(30)31/h8-11,13-15,25H,6-7,21H2,1-5H3,(H2,20,26)(H,22,28)(H,23,29)(H,24,27)(H,30,31). The van der Waals surface area contributed by atoms with Crippen molar-refractivity contribution in [2.75, 3.05) is 0 Å². The molecule has 5 atom stereocenters. The molecule has 5 unspecified atom stereocenters. The van der Waals surface area contributed by atoms with Crippen molar-refractivity contribution in [3.05, 3.63) is 0 Å². The minimum Gasteiger partial charge on any atom is -0.480 e. The zero-order valence-corrected chi connectivity index (χ0v) is 18.5. The third-order valence-electron chi connectivity index (χ3n) is 4.63. The van der Waals surface area contributed by atoms with Crippen molar-refractivity contribution in [1.82, 2.24) is 16.0 Å². The SMILES string of the molecule is CC(C)C(N)C(=O)NC(CCC(N)=O)C(=O)NC(C(=O)NC(C(=O)O)C(C)C)C(C)O. The number of hydrogen-bond acceptors (Lipinski definition) is 7. The number of carbonyl (C=O) groups is 5. The first-order chi connectivity index (χ1) is 14.2. The zero-order valence-electron chi connectivity index (χ0n) is 18.5. The van der Waals surface area contributed by atoms with Crippen LogP contribution in [-0.2, 0) is 24.0 Å². The minimum atomic E-state index is -1.50. The third kappa shape index (κ3) is 9.75. The van der Waals surface area contributed by atoms with Gasteiger partial charge in [-0.05, 0) is 25.2 Å². The van der Waals surface area contributed by atoms with E-state index in [4.69, 9.17) is 11.5 Å². The van der Waals surface area contributed by atoms with E-state index in [-0.39, 0.29) is 18.8 Å². The lowest BCUT2D eigenvalue weighted by molar-refractivity contribution is -0.144. The van der Waals surface area contributed by atoms with Crippen LogP contribution >= 0.6 is 0 Å². The number of primary amides is 1. The van der Waals surface area contributed by atoms with E-state index in [0.29, 0.717) is 0 Å². The van der Waals surface area contributed by atoms with Crippen LogP contribution in [0.1, 0.15) is 47.5 Å². The van der Waals surface area contributed by atoms with Crippen LogP contribution in [0.5, 0.6) is 0 Å². The quantitative estimate of drug-likeness (QED) is 0.165. The molecule has 12 heteroatoms. The van der Waals surface area contributed by atoms with Gasteiger partial charge >= 0.3 is 5.97 Å². The Labute approximate surface area is 181 Å². The molecule has 0 spiro atoms. The van der Waals surface area contributed by atoms with Gasteiger partial charge in [-0.25, -0.2) is 4.79 Å². The zero-order chi connectivity index (χ0) is 24.5. The Morgan fingerprint density at radius 1 is 0.806 bits per heavy atom. The fraction of sp³-hybridized carbons (Fsp3) is 0.737. The van der Waals surface area contributed by atoms with Gasteiger partial charge in [0.05, 0.1) is 12.1 Å². The molecule has 0 aromatic carbocycles. The van der Waals surface area contributed by atoms with Crippen LogP contribution in [0.3, 0.4) is 0 Å². The number of carboxylic acid groups (broad SMARTS) is 1. The van der Waals surface area contributed by atoms with Gasteiger partial charge in [-0.1, -0.05) is 27.7 Å². The van der Waals surface area contributed by atoms with E-state index in [1.807, 2.05) is 0 Å². The fourth-order valence-corrected chi connectivity index (χ4v) is 2.54. The van der Waals surface area contributed by atoms with Crippen molar-refractivity contribution < 1.29 is 34.2 Å². The number of hydrogen-bond donors (Lipinski definition) is 7. The molecule has 0 aliphatic rings. The highest BCUT2D eigenvalue weighted by atomic mass is 16.4. The van der Waals surface area contributed by atoms with E-state index in [1.54, 1.807) is 27.7 Å². The Kier molecular flexibility index (Phi) is 11.7. The van der Waals surface area contributed by atoms with Crippen LogP contribution < -0.4 is 27.4 Å². The molecule has 0 aromatic rings. The van der Waals surface area contributed by atoms with Crippen molar-refractivity contribution in [3.8, 4) is 0 Å². The Balaban J connectivity index is 5.49. The highest BCUT2D eigenvalue weighted by Crippen LogP contribution is 2.06. The molecule has 0 radical (unpaired) electrons. The summed E-state index contributed by atoms with van der Waals surface area (Å²) in [5, 5.41) is 26.2. The molecule has 31 heavy (non-hydrogen) atoms. The predicted octanol–water partition coefficient (Wildman–Crippen LogP) is -2.19. The summed E-state index contributed by atoms with van der Waals surface area (Å²) in [6.45, 7) is 7.83. The van der Waals surface area contributed by atoms with E-state index in [2.05, 4.69) is 16.0 Å². The number of aliphatic hydroxyl groups excluding tert-OH is 1. The van der Waals surface area contributed by atoms with Crippen molar-refractivity contribution in [1.29, 1.82) is 0 Å². The second kappa shape index (κ2) is 12.8. The first-order valence-corrected chi connectivity index (χ1v) is 10.0. The summed E-state index contributed by atoms with van der Waals surface area (Å²) in [4.78, 5) is 60.0. The predicted molar refractivity (Wildman–Crippen MR) is 111 cm³/mol. The highest BCUT2D eigenvalue weighted by Gasteiger charge is 2.33. The Morgan fingerprint density at radius 2 is 1.32 bits per heavy atom. The Bertz CT molecular complexity index is 666. The van der Waals surface area contributed by atoms with Gasteiger partial charge in [-0.2, -0.15) is 0 Å². The summed E-state index contributed by atoms with van der Waals surface area (Å²) in [7, 11) is 0. The normalized spacial score (nSPS) is 16.0. The van der Waals surface area contributed by atoms with Crippen molar-refractivity contribution in [3.63, 3.8) is 0 Å². The number of aliphatic carboxylic acids is 1. The van der Waals surface area contributed by atoms with Gasteiger partial charge in [0.2, 0.25) is 23.6 Å². The van der Waals surface area contributed by atoms with Gasteiger partial charge in [0, 0.05) is 6.42 Å². The maximum atomic E-state index is 12.7. The molecule has 4 amide bonds. The van der Waals surface area contributed by atoms with E-state index in [1.165, 1.54) is 6.92 Å². The van der Waals surface area contributed by atoms with Crippen LogP contribution in [0.2, 0.25) is 0 Å². The van der Waals surface area contributed by atoms with E-state index in [9.17, 15) is 34.2 Å². The molecule has 0 aliphatic heterocycles. The lowest BCUT2D eigenvalue weighted by Gasteiger charge is -2.27. The van der Waals surface area contributed by atoms with Crippen molar-refractivity contribution in [2.24, 2.45) is 23.3 Å². The first kappa shape index (κ1) is 28.3. The van der Waals surface area contributed by atoms with Gasteiger partial charge in [0.25, 0.3) is 0 Å². The maximum Gasteiger partial charge on any atom is 0.326 e. The lowest BCUT2D eigenvalue weighted by atomic mass is 10.0. The van der Waals surface area contributed by atoms with Gasteiger partial charge in [0.1, 0.15) is 18.1 Å². The third-order valence-corrected chi connectivity index (χ3v) is 4.63. The number of nitrogens with two attached hydrogens (primary N) is 2. The Hall–Kier alpha value is -2.73. The molecule has 0 aliphatic carbocycles. The lowest BCUT2D eigenvalue weighted by Crippen LogP contribution is -2.60. The summed E-state index contributed by atoms with van der Waals surface area (Å²) in [5.74, 6) is -5.05. The molecule has 12 nitrogen and oxygen atoms in total. The van der Waals surface area contributed by atoms with Crippen LogP contribution in [0, 0.1) is 11.8 Å². The van der Waals surface area contributed by atoms with Crippen LogP contribution in [0.4, 0.5) is 0 Å². The molecule has 0 bridgehead atoms. The number of carbonyl (C=O) groups excluding carboxylic acids is 4. The largest absolute Gasteiger partial charge is 0.480 e. The maximum absolute atomic E-state index is 12.7. The molecular formula is C19H35N5O7. The second-order valence-corrected chi connectivity index (χ2v) is 8.13. The van der Waals surface area contributed by atoms with Gasteiger partial charge in [-0.15, -0.1) is 0 Å². The Morgan fingerprint density at radius 3 is 1.71 bits per heavy atom. The average Bonchev–Trinajstić information content (AvgIpc) is 2.64. The van der Waals surface area contributed by atoms with Gasteiger partial charge < -0.3 is 37.6 Å². The molecule has 0 fully saturated rings. The van der Waals surface area contributed by atoms with E-state index < -0.39 is 65.8 Å². The van der Waals surface area contributed by atoms with E-state index >= 15 is 0 Å². The van der Waals surface area contributed by atoms with Crippen molar-refractivity contribution in [2.45, 2.75) is 77.7 Å². The summed E-state index contributed by atoms with van der Waals surface area (Å²) in [6.07, 6.45) is -1.76. The summed E-state index contributed by atoms with van der Waals surface area (Å²) >= 11 is 0. The van der Waals surface area contributed by atoms with E-state index in [0.717, 1.165) is 0 Å². The molecule has 9 N–H and O–H groups in total.